The fourth-order valence-corrected chi connectivity index (χ4v) is 4.07. The number of aromatic nitrogens is 5. The average Bonchev–Trinajstić information content (AvgIpc) is 3.07. The third kappa shape index (κ3) is 6.59. The van der Waals surface area contributed by atoms with E-state index in [9.17, 15) is 13.2 Å². The van der Waals surface area contributed by atoms with Gasteiger partial charge < -0.3 is 10.6 Å². The maximum Gasteiger partial charge on any atom is 0.433 e. The minimum Gasteiger partial charge on any atom is -0.368 e. The zero-order chi connectivity index (χ0) is 24.4. The highest BCUT2D eigenvalue weighted by Crippen LogP contribution is 2.32. The van der Waals surface area contributed by atoms with Crippen LogP contribution in [0, 0.1) is 0 Å². The van der Waals surface area contributed by atoms with Crippen LogP contribution in [0.25, 0.3) is 0 Å². The maximum absolute atomic E-state index is 13.4. The van der Waals surface area contributed by atoms with E-state index in [1.165, 1.54) is 5.57 Å². The number of nitrogens with two attached hydrogens (primary N) is 1. The van der Waals surface area contributed by atoms with E-state index in [1.54, 1.807) is 16.3 Å². The van der Waals surface area contributed by atoms with Gasteiger partial charge in [-0.1, -0.05) is 44.2 Å². The molecule has 0 aliphatic carbocycles. The molecule has 0 radical (unpaired) electrons. The van der Waals surface area contributed by atoms with Crippen molar-refractivity contribution in [3.05, 3.63) is 29.2 Å². The molecule has 3 rings (SSSR count). The molecule has 0 aromatic carbocycles. The minimum absolute atomic E-state index is 0.204. The van der Waals surface area contributed by atoms with Crippen molar-refractivity contribution in [2.75, 3.05) is 49.1 Å². The van der Waals surface area contributed by atoms with Gasteiger partial charge in [0.1, 0.15) is 17.3 Å². The Morgan fingerprint density at radius 3 is 2.33 bits per heavy atom. The number of hydrogen-bond acceptors (Lipinski definition) is 8. The van der Waals surface area contributed by atoms with Crippen LogP contribution in [-0.4, -0.2) is 68.1 Å². The molecule has 2 aromatic heterocycles. The zero-order valence-corrected chi connectivity index (χ0v) is 20.5. The standard InChI is InChI=1S/C21H31F3N8S/c1-14(13-33-19-29-28-18(25)30(19)5)6-7-31-8-10-32(11-9-31)16-12-15(21(22,23)24)26-17(27-16)20(2,3)4/h6,12H,7-11,13H2,1-5H3,(H2,25,28)/b14-6+. The van der Waals surface area contributed by atoms with E-state index in [0.29, 0.717) is 24.9 Å². The van der Waals surface area contributed by atoms with Gasteiger partial charge in [-0.2, -0.15) is 13.2 Å². The van der Waals surface area contributed by atoms with Crippen molar-refractivity contribution in [3.63, 3.8) is 0 Å². The summed E-state index contributed by atoms with van der Waals surface area (Å²) in [7, 11) is 1.83. The largest absolute Gasteiger partial charge is 0.433 e. The smallest absolute Gasteiger partial charge is 0.368 e. The molecular weight excluding hydrogens is 453 g/mol. The van der Waals surface area contributed by atoms with Crippen LogP contribution in [0.1, 0.15) is 39.2 Å². The van der Waals surface area contributed by atoms with Gasteiger partial charge in [0.2, 0.25) is 5.95 Å². The van der Waals surface area contributed by atoms with Gasteiger partial charge in [0.25, 0.3) is 0 Å². The molecule has 1 aliphatic heterocycles. The molecule has 0 unspecified atom stereocenters. The molecular formula is C21H31F3N8S. The van der Waals surface area contributed by atoms with E-state index in [0.717, 1.165) is 36.6 Å². The van der Waals surface area contributed by atoms with Crippen LogP contribution in [0.2, 0.25) is 0 Å². The Labute approximate surface area is 196 Å². The number of piperazine rings is 1. The summed E-state index contributed by atoms with van der Waals surface area (Å²) < 4.78 is 41.9. The average molecular weight is 485 g/mol. The lowest BCUT2D eigenvalue weighted by Crippen LogP contribution is -2.47. The predicted octanol–water partition coefficient (Wildman–Crippen LogP) is 3.36. The summed E-state index contributed by atoms with van der Waals surface area (Å²) in [4.78, 5) is 12.4. The first-order valence-electron chi connectivity index (χ1n) is 10.7. The van der Waals surface area contributed by atoms with Gasteiger partial charge in [-0.3, -0.25) is 9.47 Å². The molecule has 12 heteroatoms. The normalized spacial score (nSPS) is 16.5. The van der Waals surface area contributed by atoms with Gasteiger partial charge in [0.05, 0.1) is 0 Å². The van der Waals surface area contributed by atoms with Crippen molar-refractivity contribution in [3.8, 4) is 0 Å². The van der Waals surface area contributed by atoms with Crippen molar-refractivity contribution in [2.45, 2.75) is 44.4 Å². The third-order valence-electron chi connectivity index (χ3n) is 5.37. The first kappa shape index (κ1) is 25.3. The maximum atomic E-state index is 13.4. The molecule has 2 aromatic rings. The molecule has 0 spiro atoms. The number of alkyl halides is 3. The summed E-state index contributed by atoms with van der Waals surface area (Å²) in [5, 5.41) is 8.66. The summed E-state index contributed by atoms with van der Waals surface area (Å²) in [6, 6.07) is 1.06. The van der Waals surface area contributed by atoms with Crippen molar-refractivity contribution in [1.29, 1.82) is 0 Å². The van der Waals surface area contributed by atoms with Gasteiger partial charge in [-0.15, -0.1) is 10.2 Å². The molecule has 1 saturated heterocycles. The molecule has 0 saturated carbocycles. The Kier molecular flexibility index (Phi) is 7.57. The van der Waals surface area contributed by atoms with E-state index in [2.05, 4.69) is 38.1 Å². The molecule has 8 nitrogen and oxygen atoms in total. The highest BCUT2D eigenvalue weighted by Gasteiger charge is 2.35. The number of thioether (sulfide) groups is 1. The second-order valence-electron chi connectivity index (χ2n) is 9.21. The zero-order valence-electron chi connectivity index (χ0n) is 19.6. The Bertz CT molecular complexity index is 956. The number of anilines is 2. The Hall–Kier alpha value is -2.34. The van der Waals surface area contributed by atoms with E-state index in [-0.39, 0.29) is 5.82 Å². The van der Waals surface area contributed by atoms with Gasteiger partial charge in [0.15, 0.2) is 5.16 Å². The summed E-state index contributed by atoms with van der Waals surface area (Å²) in [5.41, 5.74) is 5.45. The predicted molar refractivity (Wildman–Crippen MR) is 124 cm³/mol. The van der Waals surface area contributed by atoms with Crippen molar-refractivity contribution in [1.82, 2.24) is 29.6 Å². The molecule has 0 bridgehead atoms. The summed E-state index contributed by atoms with van der Waals surface area (Å²) in [6.07, 6.45) is -2.33. The number of halogens is 3. The lowest BCUT2D eigenvalue weighted by Gasteiger charge is -2.35. The fourth-order valence-electron chi connectivity index (χ4n) is 3.21. The van der Waals surface area contributed by atoms with Crippen LogP contribution in [0.15, 0.2) is 22.9 Å². The lowest BCUT2D eigenvalue weighted by molar-refractivity contribution is -0.141. The van der Waals surface area contributed by atoms with Gasteiger partial charge in [-0.25, -0.2) is 9.97 Å². The van der Waals surface area contributed by atoms with Gasteiger partial charge >= 0.3 is 6.18 Å². The lowest BCUT2D eigenvalue weighted by atomic mass is 9.95. The SMILES string of the molecule is C/C(=C\CN1CCN(c2cc(C(F)(F)F)nc(C(C)(C)C)n2)CC1)CSc1nnc(N)n1C. The van der Waals surface area contributed by atoms with Crippen LogP contribution < -0.4 is 10.6 Å². The van der Waals surface area contributed by atoms with E-state index >= 15 is 0 Å². The summed E-state index contributed by atoms with van der Waals surface area (Å²) in [5.74, 6) is 1.71. The molecule has 3 heterocycles. The molecule has 33 heavy (non-hydrogen) atoms. The van der Waals surface area contributed by atoms with Crippen LogP contribution >= 0.6 is 11.8 Å². The van der Waals surface area contributed by atoms with Gasteiger partial charge in [0, 0.05) is 57.0 Å². The van der Waals surface area contributed by atoms with E-state index in [4.69, 9.17) is 5.73 Å². The molecule has 0 amide bonds. The summed E-state index contributed by atoms with van der Waals surface area (Å²) in [6.45, 7) is 11.0. The van der Waals surface area contributed by atoms with Gasteiger partial charge in [-0.05, 0) is 6.92 Å². The number of nitrogen functional groups attached to an aromatic ring is 1. The molecule has 0 atom stereocenters. The van der Waals surface area contributed by atoms with Crippen LogP contribution in [0.4, 0.5) is 24.9 Å². The Morgan fingerprint density at radius 2 is 1.79 bits per heavy atom. The van der Waals surface area contributed by atoms with E-state index < -0.39 is 17.3 Å². The Morgan fingerprint density at radius 1 is 1.12 bits per heavy atom. The van der Waals surface area contributed by atoms with E-state index in [1.807, 2.05) is 32.7 Å². The first-order chi connectivity index (χ1) is 15.3. The number of hydrogen-bond donors (Lipinski definition) is 1. The highest BCUT2D eigenvalue weighted by molar-refractivity contribution is 7.99. The monoisotopic (exact) mass is 484 g/mol. The molecule has 1 fully saturated rings. The Balaban J connectivity index is 1.58. The molecule has 1 aliphatic rings. The van der Waals surface area contributed by atoms with Crippen LogP contribution in [0.3, 0.4) is 0 Å². The number of nitrogens with zero attached hydrogens (tertiary/aromatic N) is 7. The van der Waals surface area contributed by atoms with Crippen LogP contribution in [-0.2, 0) is 18.6 Å². The van der Waals surface area contributed by atoms with Crippen LogP contribution in [0.5, 0.6) is 0 Å². The quantitative estimate of drug-likeness (QED) is 0.493. The summed E-state index contributed by atoms with van der Waals surface area (Å²) >= 11 is 1.57. The van der Waals surface area contributed by atoms with Crippen molar-refractivity contribution >= 4 is 23.5 Å². The van der Waals surface area contributed by atoms with Crippen molar-refractivity contribution in [2.24, 2.45) is 7.05 Å². The number of rotatable bonds is 6. The van der Waals surface area contributed by atoms with Crippen molar-refractivity contribution < 1.29 is 13.2 Å². The first-order valence-corrected chi connectivity index (χ1v) is 11.7. The third-order valence-corrected chi connectivity index (χ3v) is 6.58. The highest BCUT2D eigenvalue weighted by atomic mass is 32.2. The second kappa shape index (κ2) is 9.88. The fraction of sp³-hybridized carbons (Fsp3) is 0.619. The second-order valence-corrected chi connectivity index (χ2v) is 10.2. The molecule has 2 N–H and O–H groups in total. The minimum atomic E-state index is -4.50. The topological polar surface area (TPSA) is 89.0 Å². The molecule has 182 valence electrons.